The molecule has 0 spiro atoms. The van der Waals surface area contributed by atoms with Crippen molar-refractivity contribution < 1.29 is 23.5 Å². The van der Waals surface area contributed by atoms with Crippen LogP contribution in [0.3, 0.4) is 0 Å². The molecule has 1 aromatic carbocycles. The van der Waals surface area contributed by atoms with Crippen LogP contribution in [0, 0.1) is 6.92 Å². The fourth-order valence-electron chi connectivity index (χ4n) is 2.86. The van der Waals surface area contributed by atoms with E-state index in [2.05, 4.69) is 15.9 Å². The van der Waals surface area contributed by atoms with E-state index in [-0.39, 0.29) is 5.57 Å². The lowest BCUT2D eigenvalue weighted by Crippen LogP contribution is -2.44. The van der Waals surface area contributed by atoms with Gasteiger partial charge in [-0.2, -0.15) is 0 Å². The molecule has 0 unspecified atom stereocenters. The zero-order valence-corrected chi connectivity index (χ0v) is 17.1. The van der Waals surface area contributed by atoms with Gasteiger partial charge in [-0.1, -0.05) is 35.3 Å². The molecule has 3 rings (SSSR count). The van der Waals surface area contributed by atoms with E-state index in [1.54, 1.807) is 19.1 Å². The first kappa shape index (κ1) is 19.4. The quantitative estimate of drug-likeness (QED) is 0.359. The van der Waals surface area contributed by atoms with Gasteiger partial charge in [-0.15, -0.1) is 0 Å². The number of hydrogen-bond donors (Lipinski definition) is 0. The van der Waals surface area contributed by atoms with Crippen molar-refractivity contribution in [1.82, 2.24) is 0 Å². The summed E-state index contributed by atoms with van der Waals surface area (Å²) >= 11 is 3.52. The van der Waals surface area contributed by atoms with E-state index in [4.69, 9.17) is 13.9 Å². The second-order valence-corrected chi connectivity index (χ2v) is 7.61. The Morgan fingerprint density at radius 1 is 1.11 bits per heavy atom. The Morgan fingerprint density at radius 2 is 1.81 bits per heavy atom. The molecule has 0 aliphatic carbocycles. The lowest BCUT2D eigenvalue weighted by Gasteiger charge is -2.33. The van der Waals surface area contributed by atoms with Crippen LogP contribution in [0.15, 0.2) is 44.8 Å². The number of aryl methyl sites for hydroxylation is 1. The van der Waals surface area contributed by atoms with Crippen molar-refractivity contribution in [2.45, 2.75) is 45.8 Å². The smallest absolute Gasteiger partial charge is 0.348 e. The van der Waals surface area contributed by atoms with Crippen molar-refractivity contribution in [2.75, 3.05) is 0 Å². The van der Waals surface area contributed by atoms with Crippen molar-refractivity contribution in [3.8, 4) is 11.3 Å². The first-order valence-electron chi connectivity index (χ1n) is 8.86. The molecule has 2 heterocycles. The molecule has 0 saturated carbocycles. The number of esters is 2. The van der Waals surface area contributed by atoms with E-state index in [0.717, 1.165) is 28.4 Å². The van der Waals surface area contributed by atoms with Gasteiger partial charge in [0.05, 0.1) is 0 Å². The normalized spacial score (nSPS) is 19.6. The van der Waals surface area contributed by atoms with Crippen LogP contribution in [0.1, 0.15) is 44.4 Å². The van der Waals surface area contributed by atoms with Gasteiger partial charge >= 0.3 is 11.9 Å². The molecule has 5 nitrogen and oxygen atoms in total. The molecule has 0 N–H and O–H groups in total. The zero-order valence-electron chi connectivity index (χ0n) is 15.5. The van der Waals surface area contributed by atoms with Crippen molar-refractivity contribution in [3.63, 3.8) is 0 Å². The summed E-state index contributed by atoms with van der Waals surface area (Å²) in [5, 5.41) is 0. The Labute approximate surface area is 166 Å². The maximum atomic E-state index is 12.3. The van der Waals surface area contributed by atoms with Gasteiger partial charge in [-0.3, -0.25) is 0 Å². The summed E-state index contributed by atoms with van der Waals surface area (Å²) in [6.45, 7) is 5.62. The van der Waals surface area contributed by atoms with Crippen LogP contribution >= 0.6 is 15.9 Å². The number of ether oxygens (including phenoxy) is 2. The molecule has 1 aliphatic heterocycles. The highest BCUT2D eigenvalue weighted by atomic mass is 79.9. The minimum atomic E-state index is -1.21. The molecule has 0 radical (unpaired) electrons. The third-order valence-electron chi connectivity index (χ3n) is 4.34. The van der Waals surface area contributed by atoms with Gasteiger partial charge in [0.25, 0.3) is 5.79 Å². The first-order valence-corrected chi connectivity index (χ1v) is 9.65. The van der Waals surface area contributed by atoms with E-state index in [9.17, 15) is 9.59 Å². The summed E-state index contributed by atoms with van der Waals surface area (Å²) in [6.07, 6.45) is 3.54. The Morgan fingerprint density at radius 3 is 2.44 bits per heavy atom. The number of benzene rings is 1. The highest BCUT2D eigenvalue weighted by molar-refractivity contribution is 9.10. The molecule has 0 atom stereocenters. The SMILES string of the molecule is CCCCC1(C)OC(=O)C(=Cc2ccc(-c3ccc(C)cc3Br)o2)C(=O)O1. The second kappa shape index (κ2) is 7.72. The molecule has 27 heavy (non-hydrogen) atoms. The van der Waals surface area contributed by atoms with Gasteiger partial charge in [0.2, 0.25) is 0 Å². The van der Waals surface area contributed by atoms with Crippen LogP contribution < -0.4 is 0 Å². The van der Waals surface area contributed by atoms with Crippen molar-refractivity contribution >= 4 is 33.9 Å². The molecule has 0 bridgehead atoms. The molecule has 1 aliphatic rings. The largest absolute Gasteiger partial charge is 0.457 e. The molecule has 1 saturated heterocycles. The van der Waals surface area contributed by atoms with E-state index < -0.39 is 17.7 Å². The topological polar surface area (TPSA) is 65.7 Å². The van der Waals surface area contributed by atoms with E-state index in [1.807, 2.05) is 32.0 Å². The summed E-state index contributed by atoms with van der Waals surface area (Å²) in [4.78, 5) is 24.6. The fourth-order valence-corrected chi connectivity index (χ4v) is 3.55. The Balaban J connectivity index is 1.82. The number of halogens is 1. The van der Waals surface area contributed by atoms with Gasteiger partial charge < -0.3 is 13.9 Å². The number of furan rings is 1. The molecule has 0 amide bonds. The first-order chi connectivity index (χ1) is 12.8. The number of hydrogen-bond acceptors (Lipinski definition) is 5. The monoisotopic (exact) mass is 432 g/mol. The summed E-state index contributed by atoms with van der Waals surface area (Å²) in [6, 6.07) is 9.39. The third kappa shape index (κ3) is 4.33. The number of carbonyl (C=O) groups excluding carboxylic acids is 2. The van der Waals surface area contributed by atoms with Crippen LogP contribution in [0.25, 0.3) is 17.4 Å². The van der Waals surface area contributed by atoms with E-state index in [0.29, 0.717) is 17.9 Å². The Bertz CT molecular complexity index is 889. The Kier molecular flexibility index (Phi) is 5.56. The summed E-state index contributed by atoms with van der Waals surface area (Å²) in [5.74, 6) is -1.60. The Hall–Kier alpha value is -2.34. The molecular formula is C21H21BrO5. The van der Waals surface area contributed by atoms with Gasteiger partial charge in [-0.25, -0.2) is 9.59 Å². The second-order valence-electron chi connectivity index (χ2n) is 6.76. The maximum Gasteiger partial charge on any atom is 0.348 e. The van der Waals surface area contributed by atoms with Crippen LogP contribution in [0.5, 0.6) is 0 Å². The molecule has 1 fully saturated rings. The van der Waals surface area contributed by atoms with Gasteiger partial charge in [0, 0.05) is 29.5 Å². The van der Waals surface area contributed by atoms with Crippen LogP contribution in [-0.4, -0.2) is 17.7 Å². The van der Waals surface area contributed by atoms with Crippen LogP contribution in [-0.2, 0) is 19.1 Å². The summed E-state index contributed by atoms with van der Waals surface area (Å²) < 4.78 is 17.4. The van der Waals surface area contributed by atoms with Crippen LogP contribution in [0.2, 0.25) is 0 Å². The lowest BCUT2D eigenvalue weighted by atomic mass is 10.1. The summed E-state index contributed by atoms with van der Waals surface area (Å²) in [7, 11) is 0. The number of cyclic esters (lactones) is 2. The molecule has 6 heteroatoms. The van der Waals surface area contributed by atoms with Crippen molar-refractivity contribution in [1.29, 1.82) is 0 Å². The van der Waals surface area contributed by atoms with Crippen LogP contribution in [0.4, 0.5) is 0 Å². The lowest BCUT2D eigenvalue weighted by molar-refractivity contribution is -0.230. The summed E-state index contributed by atoms with van der Waals surface area (Å²) in [5.41, 5.74) is 1.83. The molecule has 1 aromatic heterocycles. The zero-order chi connectivity index (χ0) is 19.6. The third-order valence-corrected chi connectivity index (χ3v) is 5.00. The van der Waals surface area contributed by atoms with Gasteiger partial charge in [0.15, 0.2) is 0 Å². The van der Waals surface area contributed by atoms with E-state index in [1.165, 1.54) is 6.08 Å². The number of carbonyl (C=O) groups is 2. The average molecular weight is 433 g/mol. The van der Waals surface area contributed by atoms with Crippen molar-refractivity contribution in [3.05, 3.63) is 51.7 Å². The maximum absolute atomic E-state index is 12.3. The average Bonchev–Trinajstić information content (AvgIpc) is 3.05. The van der Waals surface area contributed by atoms with Gasteiger partial charge in [0.1, 0.15) is 17.1 Å². The standard InChI is InChI=1S/C21H21BrO5/c1-4-5-10-21(3)26-19(23)16(20(24)27-21)12-14-7-9-18(25-14)15-8-6-13(2)11-17(15)22/h6-9,11-12H,4-5,10H2,1-3H3. The number of unbranched alkanes of at least 4 members (excludes halogenated alkanes) is 1. The predicted octanol–water partition coefficient (Wildman–Crippen LogP) is 5.41. The molecular weight excluding hydrogens is 412 g/mol. The number of rotatable bonds is 5. The molecule has 142 valence electrons. The molecule has 2 aromatic rings. The highest BCUT2D eigenvalue weighted by Crippen LogP contribution is 2.32. The highest BCUT2D eigenvalue weighted by Gasteiger charge is 2.42. The minimum Gasteiger partial charge on any atom is -0.457 e. The fraction of sp³-hybridized carbons (Fsp3) is 0.333. The van der Waals surface area contributed by atoms with Gasteiger partial charge in [-0.05, 0) is 43.2 Å². The predicted molar refractivity (Wildman–Crippen MR) is 105 cm³/mol. The van der Waals surface area contributed by atoms with Crippen molar-refractivity contribution in [2.24, 2.45) is 0 Å². The van der Waals surface area contributed by atoms with E-state index >= 15 is 0 Å². The minimum absolute atomic E-state index is 0.173.